The van der Waals surface area contributed by atoms with Crippen molar-refractivity contribution in [2.75, 3.05) is 13.1 Å². The highest BCUT2D eigenvalue weighted by Gasteiger charge is 2.23. The zero-order valence-electron chi connectivity index (χ0n) is 11.5. The smallest absolute Gasteiger partial charge is 0.288 e. The molecular weight excluding hydrogens is 294 g/mol. The highest BCUT2D eigenvalue weighted by atomic mass is 32.1. The lowest BCUT2D eigenvalue weighted by atomic mass is 10.2. The number of aromatic nitrogens is 2. The molecule has 1 aliphatic rings. The summed E-state index contributed by atoms with van der Waals surface area (Å²) in [5, 5.41) is 6.47. The van der Waals surface area contributed by atoms with Gasteiger partial charge in [0.25, 0.3) is 10.7 Å². The summed E-state index contributed by atoms with van der Waals surface area (Å²) in [5.74, 6) is 0.597. The molecule has 1 saturated heterocycles. The molecular formula is C13H17N3O2S2. The van der Waals surface area contributed by atoms with Gasteiger partial charge in [0, 0.05) is 13.1 Å². The molecule has 0 bridgehead atoms. The Morgan fingerprint density at radius 1 is 1.40 bits per heavy atom. The average molecular weight is 311 g/mol. The zero-order valence-corrected chi connectivity index (χ0v) is 13.1. The van der Waals surface area contributed by atoms with E-state index in [9.17, 15) is 0 Å². The van der Waals surface area contributed by atoms with Crippen LogP contribution in [0, 0.1) is 4.84 Å². The molecule has 1 fully saturated rings. The minimum atomic E-state index is 0.233. The van der Waals surface area contributed by atoms with Crippen molar-refractivity contribution >= 4 is 23.6 Å². The first-order valence-electron chi connectivity index (χ1n) is 6.61. The lowest BCUT2D eigenvalue weighted by molar-refractivity contribution is -0.0778. The average Bonchev–Trinajstić information content (AvgIpc) is 2.98. The molecule has 2 unspecified atom stereocenters. The number of nitrogens with zero attached hydrogens (tertiary/aromatic N) is 3. The molecule has 0 aliphatic carbocycles. The number of thiophene rings is 1. The van der Waals surface area contributed by atoms with Crippen LogP contribution in [0.1, 0.15) is 13.8 Å². The molecule has 7 heteroatoms. The van der Waals surface area contributed by atoms with Crippen LogP contribution in [-0.2, 0) is 11.4 Å². The molecule has 0 saturated carbocycles. The third kappa shape index (κ3) is 3.01. The highest BCUT2D eigenvalue weighted by molar-refractivity contribution is 7.71. The second kappa shape index (κ2) is 5.77. The SMILES string of the molecule is CC1CN(Cn2nc(-c3cccs3)oc2=S)CC(C)O1. The summed E-state index contributed by atoms with van der Waals surface area (Å²) in [5.41, 5.74) is 0. The van der Waals surface area contributed by atoms with Crippen molar-refractivity contribution in [1.82, 2.24) is 14.7 Å². The van der Waals surface area contributed by atoms with Gasteiger partial charge in [-0.25, -0.2) is 4.68 Å². The van der Waals surface area contributed by atoms with E-state index in [4.69, 9.17) is 21.4 Å². The van der Waals surface area contributed by atoms with E-state index in [1.807, 2.05) is 17.5 Å². The van der Waals surface area contributed by atoms with Crippen molar-refractivity contribution in [3.8, 4) is 10.8 Å². The lowest BCUT2D eigenvalue weighted by Crippen LogP contribution is -2.46. The molecule has 2 aromatic rings. The summed E-state index contributed by atoms with van der Waals surface area (Å²) in [4.78, 5) is 3.70. The summed E-state index contributed by atoms with van der Waals surface area (Å²) in [7, 11) is 0. The Kier molecular flexibility index (Phi) is 4.02. The van der Waals surface area contributed by atoms with E-state index < -0.39 is 0 Å². The van der Waals surface area contributed by atoms with Crippen LogP contribution in [0.2, 0.25) is 0 Å². The molecule has 108 valence electrons. The predicted molar refractivity (Wildman–Crippen MR) is 80.2 cm³/mol. The predicted octanol–water partition coefficient (Wildman–Crippen LogP) is 3.00. The maximum atomic E-state index is 5.73. The van der Waals surface area contributed by atoms with Gasteiger partial charge in [-0.1, -0.05) is 6.07 Å². The van der Waals surface area contributed by atoms with Crippen LogP contribution < -0.4 is 0 Å². The van der Waals surface area contributed by atoms with Gasteiger partial charge in [0.1, 0.15) is 0 Å². The van der Waals surface area contributed by atoms with Crippen LogP contribution in [-0.4, -0.2) is 40.0 Å². The van der Waals surface area contributed by atoms with E-state index in [0.717, 1.165) is 18.0 Å². The molecule has 0 N–H and O–H groups in total. The number of hydrogen-bond donors (Lipinski definition) is 0. The minimum absolute atomic E-state index is 0.233. The molecule has 3 heterocycles. The Bertz CT molecular complexity index is 610. The number of hydrogen-bond acceptors (Lipinski definition) is 6. The lowest BCUT2D eigenvalue weighted by Gasteiger charge is -2.34. The van der Waals surface area contributed by atoms with Gasteiger partial charge in [-0.3, -0.25) is 4.90 Å². The summed E-state index contributed by atoms with van der Waals surface area (Å²) < 4.78 is 13.0. The van der Waals surface area contributed by atoms with Gasteiger partial charge in [0.2, 0.25) is 0 Å². The largest absolute Gasteiger partial charge is 0.408 e. The van der Waals surface area contributed by atoms with E-state index in [1.165, 1.54) is 0 Å². The first kappa shape index (κ1) is 13.9. The van der Waals surface area contributed by atoms with E-state index in [0.29, 0.717) is 17.4 Å². The fraction of sp³-hybridized carbons (Fsp3) is 0.538. The van der Waals surface area contributed by atoms with E-state index in [1.54, 1.807) is 16.0 Å². The Labute approximate surface area is 126 Å². The zero-order chi connectivity index (χ0) is 14.1. The second-order valence-electron chi connectivity index (χ2n) is 5.08. The van der Waals surface area contributed by atoms with Crippen LogP contribution in [0.15, 0.2) is 21.9 Å². The van der Waals surface area contributed by atoms with Gasteiger partial charge >= 0.3 is 0 Å². The van der Waals surface area contributed by atoms with E-state index in [-0.39, 0.29) is 12.2 Å². The van der Waals surface area contributed by atoms with Gasteiger partial charge in [0.05, 0.1) is 23.8 Å². The number of morpholine rings is 1. The van der Waals surface area contributed by atoms with Crippen molar-refractivity contribution in [3.05, 3.63) is 22.4 Å². The van der Waals surface area contributed by atoms with Crippen LogP contribution in [0.25, 0.3) is 10.8 Å². The monoisotopic (exact) mass is 311 g/mol. The van der Waals surface area contributed by atoms with Crippen molar-refractivity contribution in [2.45, 2.75) is 32.7 Å². The van der Waals surface area contributed by atoms with E-state index in [2.05, 4.69) is 23.8 Å². The summed E-state index contributed by atoms with van der Waals surface area (Å²) in [6.45, 7) is 6.58. The third-order valence-corrected chi connectivity index (χ3v) is 4.32. The topological polar surface area (TPSA) is 43.4 Å². The van der Waals surface area contributed by atoms with Crippen molar-refractivity contribution in [2.24, 2.45) is 0 Å². The van der Waals surface area contributed by atoms with E-state index >= 15 is 0 Å². The molecule has 1 aliphatic heterocycles. The maximum absolute atomic E-state index is 5.73. The van der Waals surface area contributed by atoms with Crippen LogP contribution in [0.5, 0.6) is 0 Å². The molecule has 0 spiro atoms. The molecule has 5 nitrogen and oxygen atoms in total. The Morgan fingerprint density at radius 3 is 2.80 bits per heavy atom. The minimum Gasteiger partial charge on any atom is -0.408 e. The summed E-state index contributed by atoms with van der Waals surface area (Å²) in [6.07, 6.45) is 0.466. The van der Waals surface area contributed by atoms with Crippen molar-refractivity contribution < 1.29 is 9.15 Å². The van der Waals surface area contributed by atoms with Gasteiger partial charge < -0.3 is 9.15 Å². The standard InChI is InChI=1S/C13H17N3O2S2/c1-9-6-15(7-10(2)17-9)8-16-13(19)18-12(14-16)11-4-3-5-20-11/h3-5,9-10H,6-8H2,1-2H3. The molecule has 20 heavy (non-hydrogen) atoms. The fourth-order valence-electron chi connectivity index (χ4n) is 2.48. The van der Waals surface area contributed by atoms with Crippen molar-refractivity contribution in [1.29, 1.82) is 0 Å². The Hall–Kier alpha value is -1.02. The van der Waals surface area contributed by atoms with Crippen LogP contribution >= 0.6 is 23.6 Å². The molecule has 0 amide bonds. The number of rotatable bonds is 3. The number of ether oxygens (including phenoxy) is 1. The summed E-state index contributed by atoms with van der Waals surface area (Å²) >= 11 is 6.85. The Balaban J connectivity index is 1.76. The van der Waals surface area contributed by atoms with Gasteiger partial charge in [-0.2, -0.15) is 0 Å². The van der Waals surface area contributed by atoms with Crippen LogP contribution in [0.3, 0.4) is 0 Å². The normalized spacial score (nSPS) is 24.1. The van der Waals surface area contributed by atoms with Crippen molar-refractivity contribution in [3.63, 3.8) is 0 Å². The highest BCUT2D eigenvalue weighted by Crippen LogP contribution is 2.23. The van der Waals surface area contributed by atoms with Gasteiger partial charge in [-0.05, 0) is 37.5 Å². The Morgan fingerprint density at radius 2 is 2.15 bits per heavy atom. The second-order valence-corrected chi connectivity index (χ2v) is 6.38. The van der Waals surface area contributed by atoms with Crippen LogP contribution in [0.4, 0.5) is 0 Å². The fourth-order valence-corrected chi connectivity index (χ4v) is 3.31. The first-order chi connectivity index (χ1) is 9.61. The summed E-state index contributed by atoms with van der Waals surface area (Å²) in [6, 6.07) is 3.96. The van der Waals surface area contributed by atoms with Gasteiger partial charge in [0.15, 0.2) is 0 Å². The van der Waals surface area contributed by atoms with Gasteiger partial charge in [-0.15, -0.1) is 16.4 Å². The first-order valence-corrected chi connectivity index (χ1v) is 7.90. The molecule has 2 atom stereocenters. The molecule has 3 rings (SSSR count). The molecule has 0 radical (unpaired) electrons. The molecule has 2 aromatic heterocycles. The third-order valence-electron chi connectivity index (χ3n) is 3.17. The quantitative estimate of drug-likeness (QED) is 0.815. The maximum Gasteiger partial charge on any atom is 0.288 e. The molecule has 0 aromatic carbocycles.